The maximum atomic E-state index is 9.95. The van der Waals surface area contributed by atoms with E-state index in [4.69, 9.17) is 12.2 Å². The lowest BCUT2D eigenvalue weighted by Gasteiger charge is -2.03. The Bertz CT molecular complexity index is 667. The fourth-order valence-corrected chi connectivity index (χ4v) is 1.96. The maximum Gasteiger partial charge on any atom is 0.224 e. The molecular formula is C15H16N3OS+. The van der Waals surface area contributed by atoms with Gasteiger partial charge in [-0.2, -0.15) is 0 Å². The van der Waals surface area contributed by atoms with Crippen molar-refractivity contribution in [1.82, 2.24) is 10.7 Å². The molecule has 0 spiro atoms. The van der Waals surface area contributed by atoms with Gasteiger partial charge in [0, 0.05) is 6.54 Å². The standard InChI is InChI=1S/C15H15N3OS/c1-2-9-16-15(20)18-17-10-13-12-6-4-3-5-11(12)7-8-14(13)19/h2-8,10,19H,1,9H2,(H2,16,18,20)/p+1. The Kier molecular flexibility index (Phi) is 4.68. The molecule has 20 heavy (non-hydrogen) atoms. The zero-order valence-electron chi connectivity index (χ0n) is 10.9. The second-order valence-corrected chi connectivity index (χ2v) is 4.54. The quantitative estimate of drug-likeness (QED) is 0.288. The van der Waals surface area contributed by atoms with Gasteiger partial charge in [-0.25, -0.2) is 0 Å². The van der Waals surface area contributed by atoms with Crippen LogP contribution in [0.15, 0.2) is 49.1 Å². The number of hydrazine groups is 1. The molecule has 0 aliphatic rings. The summed E-state index contributed by atoms with van der Waals surface area (Å²) in [5.41, 5.74) is 3.52. The number of nitrogens with one attached hydrogen (secondary N) is 3. The van der Waals surface area contributed by atoms with Gasteiger partial charge in [0.2, 0.25) is 11.3 Å². The highest BCUT2D eigenvalue weighted by molar-refractivity contribution is 7.80. The van der Waals surface area contributed by atoms with Gasteiger partial charge in [0.1, 0.15) is 5.75 Å². The van der Waals surface area contributed by atoms with Gasteiger partial charge in [-0.15, -0.1) is 17.1 Å². The third-order valence-electron chi connectivity index (χ3n) is 2.76. The molecule has 0 aromatic heterocycles. The number of rotatable bonds is 4. The number of phenolic OH excluding ortho intramolecular Hbond substituents is 1. The van der Waals surface area contributed by atoms with E-state index < -0.39 is 0 Å². The van der Waals surface area contributed by atoms with Crippen molar-refractivity contribution in [3.8, 4) is 5.75 Å². The molecule has 5 heteroatoms. The Morgan fingerprint density at radius 2 is 2.10 bits per heavy atom. The minimum Gasteiger partial charge on any atom is -0.507 e. The molecule has 0 unspecified atom stereocenters. The van der Waals surface area contributed by atoms with Crippen LogP contribution in [0.3, 0.4) is 0 Å². The molecule has 2 aromatic carbocycles. The Hall–Kier alpha value is -2.40. The molecular weight excluding hydrogens is 270 g/mol. The number of thiocarbonyl (C=S) groups is 1. The second kappa shape index (κ2) is 6.68. The summed E-state index contributed by atoms with van der Waals surface area (Å²) >= 11 is 5.05. The zero-order chi connectivity index (χ0) is 14.4. The Labute approximate surface area is 122 Å². The molecule has 4 N–H and O–H groups in total. The number of benzene rings is 2. The van der Waals surface area contributed by atoms with Gasteiger partial charge in [0.15, 0.2) is 0 Å². The van der Waals surface area contributed by atoms with Crippen LogP contribution in [0.2, 0.25) is 0 Å². The molecule has 0 radical (unpaired) electrons. The van der Waals surface area contributed by atoms with Crippen LogP contribution < -0.4 is 15.8 Å². The van der Waals surface area contributed by atoms with Crippen molar-refractivity contribution in [3.63, 3.8) is 0 Å². The molecule has 2 aromatic rings. The molecule has 2 rings (SSSR count). The fourth-order valence-electron chi connectivity index (χ4n) is 1.82. The number of aromatic hydroxyl groups is 1. The van der Waals surface area contributed by atoms with Crippen molar-refractivity contribution in [2.24, 2.45) is 0 Å². The van der Waals surface area contributed by atoms with E-state index in [1.165, 1.54) is 0 Å². The lowest BCUT2D eigenvalue weighted by atomic mass is 10.0. The first-order valence-electron chi connectivity index (χ1n) is 6.16. The van der Waals surface area contributed by atoms with E-state index in [-0.39, 0.29) is 5.75 Å². The van der Waals surface area contributed by atoms with Gasteiger partial charge in [-0.3, -0.25) is 0 Å². The van der Waals surface area contributed by atoms with E-state index in [1.54, 1.807) is 18.4 Å². The summed E-state index contributed by atoms with van der Waals surface area (Å²) < 4.78 is 0. The van der Waals surface area contributed by atoms with E-state index in [1.807, 2.05) is 30.3 Å². The molecule has 102 valence electrons. The SMILES string of the molecule is C=CCNC(=S)N[NH+]=Cc1c(O)ccc2ccccc12. The first kappa shape index (κ1) is 14.0. The Morgan fingerprint density at radius 1 is 1.30 bits per heavy atom. The van der Waals surface area contributed by atoms with E-state index in [9.17, 15) is 5.11 Å². The van der Waals surface area contributed by atoms with Crippen molar-refractivity contribution in [3.05, 3.63) is 54.6 Å². The summed E-state index contributed by atoms with van der Waals surface area (Å²) in [6, 6.07) is 11.4. The summed E-state index contributed by atoms with van der Waals surface area (Å²) in [7, 11) is 0. The van der Waals surface area contributed by atoms with Crippen molar-refractivity contribution in [2.45, 2.75) is 0 Å². The highest BCUT2D eigenvalue weighted by atomic mass is 32.1. The lowest BCUT2D eigenvalue weighted by molar-refractivity contribution is -0.500. The van der Waals surface area contributed by atoms with Gasteiger partial charge in [-0.05, 0) is 29.1 Å². The molecule has 0 bridgehead atoms. The van der Waals surface area contributed by atoms with Crippen LogP contribution in [-0.4, -0.2) is 23.0 Å². The van der Waals surface area contributed by atoms with Crippen molar-refractivity contribution in [1.29, 1.82) is 0 Å². The third kappa shape index (κ3) is 3.33. The van der Waals surface area contributed by atoms with Crippen molar-refractivity contribution in [2.75, 3.05) is 6.54 Å². The molecule has 0 amide bonds. The van der Waals surface area contributed by atoms with Gasteiger partial charge < -0.3 is 10.4 Å². The molecule has 0 atom stereocenters. The first-order valence-corrected chi connectivity index (χ1v) is 6.57. The van der Waals surface area contributed by atoms with Crippen LogP contribution in [0.25, 0.3) is 10.8 Å². The number of hydrogen-bond donors (Lipinski definition) is 4. The molecule has 0 fully saturated rings. The Morgan fingerprint density at radius 3 is 2.90 bits per heavy atom. The van der Waals surface area contributed by atoms with Gasteiger partial charge in [0.05, 0.1) is 5.56 Å². The summed E-state index contributed by atoms with van der Waals surface area (Å²) in [4.78, 5) is 0. The van der Waals surface area contributed by atoms with Gasteiger partial charge in [0.25, 0.3) is 0 Å². The molecule has 0 aliphatic heterocycles. The van der Waals surface area contributed by atoms with Crippen LogP contribution in [0.1, 0.15) is 5.56 Å². The first-order chi connectivity index (χ1) is 9.72. The Balaban J connectivity index is 2.18. The van der Waals surface area contributed by atoms with Crippen molar-refractivity contribution >= 4 is 34.3 Å². The van der Waals surface area contributed by atoms with E-state index in [0.29, 0.717) is 17.2 Å². The van der Waals surface area contributed by atoms with Crippen LogP contribution in [0, 0.1) is 0 Å². The van der Waals surface area contributed by atoms with Crippen molar-refractivity contribution < 1.29 is 10.2 Å². The molecule has 0 aliphatic carbocycles. The number of hydrazone groups is 1. The van der Waals surface area contributed by atoms with E-state index in [0.717, 1.165) is 10.8 Å². The average molecular weight is 286 g/mol. The average Bonchev–Trinajstić information content (AvgIpc) is 2.47. The molecule has 4 nitrogen and oxygen atoms in total. The summed E-state index contributed by atoms with van der Waals surface area (Å²) in [5, 5.41) is 18.2. The smallest absolute Gasteiger partial charge is 0.224 e. The molecule has 0 heterocycles. The predicted octanol–water partition coefficient (Wildman–Crippen LogP) is 0.610. The predicted molar refractivity (Wildman–Crippen MR) is 85.7 cm³/mol. The summed E-state index contributed by atoms with van der Waals surface area (Å²) in [5.74, 6) is 0.211. The highest BCUT2D eigenvalue weighted by Gasteiger charge is 2.06. The maximum absolute atomic E-state index is 9.95. The number of hydrogen-bond acceptors (Lipinski definition) is 2. The molecule has 0 saturated heterocycles. The largest absolute Gasteiger partial charge is 0.507 e. The second-order valence-electron chi connectivity index (χ2n) is 4.13. The fraction of sp³-hybridized carbons (Fsp3) is 0.0667. The highest BCUT2D eigenvalue weighted by Crippen LogP contribution is 2.24. The van der Waals surface area contributed by atoms with Gasteiger partial charge >= 0.3 is 0 Å². The minimum absolute atomic E-state index is 0.211. The third-order valence-corrected chi connectivity index (χ3v) is 3.00. The number of phenols is 1. The van der Waals surface area contributed by atoms with E-state index >= 15 is 0 Å². The monoisotopic (exact) mass is 286 g/mol. The molecule has 0 saturated carbocycles. The van der Waals surface area contributed by atoms with Gasteiger partial charge in [-0.1, -0.05) is 36.4 Å². The van der Waals surface area contributed by atoms with Crippen LogP contribution in [-0.2, 0) is 0 Å². The van der Waals surface area contributed by atoms with Crippen LogP contribution >= 0.6 is 12.2 Å². The van der Waals surface area contributed by atoms with Crippen LogP contribution in [0.5, 0.6) is 5.75 Å². The normalized spacial score (nSPS) is 10.6. The van der Waals surface area contributed by atoms with Crippen LogP contribution in [0.4, 0.5) is 0 Å². The number of fused-ring (bicyclic) bond motifs is 1. The lowest BCUT2D eigenvalue weighted by Crippen LogP contribution is -2.82. The zero-order valence-corrected chi connectivity index (χ0v) is 11.7. The topological polar surface area (TPSA) is 58.3 Å². The minimum atomic E-state index is 0.211. The summed E-state index contributed by atoms with van der Waals surface area (Å²) in [6.45, 7) is 4.19. The van der Waals surface area contributed by atoms with E-state index in [2.05, 4.69) is 22.4 Å². The summed E-state index contributed by atoms with van der Waals surface area (Å²) in [6.07, 6.45) is 3.40.